The molecule has 0 aliphatic heterocycles. The minimum atomic E-state index is -3.25. The molecule has 0 saturated carbocycles. The molecular weight excluding hydrogens is 229 g/mol. The topological polar surface area (TPSA) is 64.6 Å². The van der Waals surface area contributed by atoms with Crippen LogP contribution in [-0.2, 0) is 18.5 Å². The lowest BCUT2D eigenvalue weighted by molar-refractivity contribution is -0.121. The van der Waals surface area contributed by atoms with Crippen LogP contribution < -0.4 is 5.48 Å². The Balaban J connectivity index is 3.68. The van der Waals surface area contributed by atoms with Crippen molar-refractivity contribution in [2.45, 2.75) is 46.0 Å². The van der Waals surface area contributed by atoms with Gasteiger partial charge in [0.05, 0.1) is 6.16 Å². The van der Waals surface area contributed by atoms with E-state index < -0.39 is 7.60 Å². The molecule has 0 aliphatic rings. The van der Waals surface area contributed by atoms with E-state index in [4.69, 9.17) is 4.62 Å². The van der Waals surface area contributed by atoms with Crippen molar-refractivity contribution in [1.29, 1.82) is 0 Å². The molecule has 0 aromatic heterocycles. The van der Waals surface area contributed by atoms with Gasteiger partial charge < -0.3 is 4.52 Å². The Hall–Kier alpha value is -0.380. The molecule has 16 heavy (non-hydrogen) atoms. The molecule has 0 aromatic rings. The zero-order valence-corrected chi connectivity index (χ0v) is 11.0. The summed E-state index contributed by atoms with van der Waals surface area (Å²) in [5.41, 5.74) is 2.61. The fraction of sp³-hybridized carbons (Fsp3) is 0.900. The van der Waals surface area contributed by atoms with Gasteiger partial charge in [0, 0.05) is 6.54 Å². The van der Waals surface area contributed by atoms with Gasteiger partial charge in [-0.15, -0.1) is 0 Å². The predicted octanol–water partition coefficient (Wildman–Crippen LogP) is 2.86. The van der Waals surface area contributed by atoms with E-state index in [1.165, 1.54) is 12.8 Å². The number of hydrogen-bond donors (Lipinski definition) is 1. The smallest absolute Gasteiger partial charge is 0.393 e. The Morgan fingerprint density at radius 2 is 1.94 bits per heavy atom. The zero-order valence-electron chi connectivity index (χ0n) is 10.1. The third kappa shape index (κ3) is 7.85. The van der Waals surface area contributed by atoms with E-state index in [0.717, 1.165) is 12.8 Å². The molecule has 0 fully saturated rings. The van der Waals surface area contributed by atoms with E-state index in [-0.39, 0.29) is 12.6 Å². The highest BCUT2D eigenvalue weighted by atomic mass is 31.2. The zero-order chi connectivity index (χ0) is 12.3. The first kappa shape index (κ1) is 15.6. The standard InChI is InChI=1S/C10H22NO4P/c1-3-5-6-7-8-11-15-16(13,9-4-2)14-10-12/h10-11H,3-9H2,1-2H3. The van der Waals surface area contributed by atoms with Gasteiger partial charge in [0.15, 0.2) is 0 Å². The van der Waals surface area contributed by atoms with Gasteiger partial charge in [-0.2, -0.15) is 5.48 Å². The molecule has 0 amide bonds. The molecule has 0 aromatic carbocycles. The van der Waals surface area contributed by atoms with Gasteiger partial charge in [0.25, 0.3) is 6.47 Å². The average Bonchev–Trinajstić information content (AvgIpc) is 2.24. The van der Waals surface area contributed by atoms with Crippen LogP contribution in [0.25, 0.3) is 0 Å². The van der Waals surface area contributed by atoms with Crippen LogP contribution in [0.1, 0.15) is 46.0 Å². The van der Waals surface area contributed by atoms with Crippen LogP contribution in [0.4, 0.5) is 0 Å². The number of rotatable bonds is 11. The van der Waals surface area contributed by atoms with Crippen molar-refractivity contribution in [3.8, 4) is 0 Å². The lowest BCUT2D eigenvalue weighted by atomic mass is 10.2. The van der Waals surface area contributed by atoms with Gasteiger partial charge in [-0.1, -0.05) is 33.1 Å². The first-order valence-corrected chi connectivity index (χ1v) is 7.54. The van der Waals surface area contributed by atoms with Crippen LogP contribution in [0, 0.1) is 0 Å². The summed E-state index contributed by atoms with van der Waals surface area (Å²) in [6, 6.07) is 0. The highest BCUT2D eigenvalue weighted by Gasteiger charge is 2.24. The summed E-state index contributed by atoms with van der Waals surface area (Å²) in [5, 5.41) is 0. The molecule has 1 atom stereocenters. The minimum absolute atomic E-state index is 0.176. The lowest BCUT2D eigenvalue weighted by Crippen LogP contribution is -2.16. The number of nitrogens with one attached hydrogen (secondary N) is 1. The minimum Gasteiger partial charge on any atom is -0.393 e. The first-order valence-electron chi connectivity index (χ1n) is 5.81. The second-order valence-corrected chi connectivity index (χ2v) is 5.64. The predicted molar refractivity (Wildman–Crippen MR) is 63.1 cm³/mol. The Morgan fingerprint density at radius 3 is 2.50 bits per heavy atom. The molecule has 0 saturated heterocycles. The van der Waals surface area contributed by atoms with Crippen LogP contribution in [0.3, 0.4) is 0 Å². The van der Waals surface area contributed by atoms with Crippen molar-refractivity contribution in [2.24, 2.45) is 0 Å². The Labute approximate surface area is 97.4 Å². The molecule has 5 nitrogen and oxygen atoms in total. The van der Waals surface area contributed by atoms with Crippen molar-refractivity contribution in [3.63, 3.8) is 0 Å². The van der Waals surface area contributed by atoms with Crippen molar-refractivity contribution in [1.82, 2.24) is 5.48 Å². The third-order valence-corrected chi connectivity index (χ3v) is 3.85. The maximum atomic E-state index is 11.8. The molecular formula is C10H22NO4P. The Bertz CT molecular complexity index is 223. The highest BCUT2D eigenvalue weighted by molar-refractivity contribution is 7.54. The summed E-state index contributed by atoms with van der Waals surface area (Å²) >= 11 is 0. The van der Waals surface area contributed by atoms with E-state index in [1.54, 1.807) is 0 Å². The molecule has 1 unspecified atom stereocenters. The SMILES string of the molecule is CCCCCCNOP(=O)(CCC)OC=O. The molecule has 0 aliphatic carbocycles. The van der Waals surface area contributed by atoms with Crippen molar-refractivity contribution in [2.75, 3.05) is 12.7 Å². The summed E-state index contributed by atoms with van der Waals surface area (Å²) in [6.07, 6.45) is 5.31. The lowest BCUT2D eigenvalue weighted by Gasteiger charge is -2.14. The summed E-state index contributed by atoms with van der Waals surface area (Å²) in [7, 11) is -3.25. The maximum absolute atomic E-state index is 11.8. The Kier molecular flexibility index (Phi) is 9.59. The monoisotopic (exact) mass is 251 g/mol. The number of carbonyl (C=O) groups excluding carboxylic acids is 1. The van der Waals surface area contributed by atoms with Gasteiger partial charge >= 0.3 is 7.60 Å². The van der Waals surface area contributed by atoms with Crippen molar-refractivity contribution >= 4 is 14.1 Å². The summed E-state index contributed by atoms with van der Waals surface area (Å²) in [5.74, 6) is 0. The number of carbonyl (C=O) groups is 1. The molecule has 0 heterocycles. The fourth-order valence-corrected chi connectivity index (χ4v) is 2.43. The maximum Gasteiger partial charge on any atom is 0.397 e. The number of hydrogen-bond acceptors (Lipinski definition) is 5. The fourth-order valence-electron chi connectivity index (χ4n) is 1.23. The average molecular weight is 251 g/mol. The normalized spacial score (nSPS) is 14.4. The van der Waals surface area contributed by atoms with Gasteiger partial charge in [0.2, 0.25) is 0 Å². The molecule has 0 radical (unpaired) electrons. The van der Waals surface area contributed by atoms with Crippen molar-refractivity contribution < 1.29 is 18.5 Å². The molecule has 1 N–H and O–H groups in total. The molecule has 6 heteroatoms. The second kappa shape index (κ2) is 9.82. The molecule has 0 rings (SSSR count). The van der Waals surface area contributed by atoms with E-state index in [2.05, 4.69) is 16.9 Å². The summed E-state index contributed by atoms with van der Waals surface area (Å²) in [4.78, 5) is 10.2. The van der Waals surface area contributed by atoms with E-state index in [0.29, 0.717) is 13.0 Å². The van der Waals surface area contributed by atoms with Crippen LogP contribution in [0.15, 0.2) is 0 Å². The third-order valence-electron chi connectivity index (χ3n) is 2.04. The Morgan fingerprint density at radius 1 is 1.19 bits per heavy atom. The largest absolute Gasteiger partial charge is 0.397 e. The van der Waals surface area contributed by atoms with Crippen LogP contribution >= 0.6 is 7.60 Å². The molecule has 0 bridgehead atoms. The number of hydroxylamine groups is 1. The second-order valence-electron chi connectivity index (χ2n) is 3.58. The highest BCUT2D eigenvalue weighted by Crippen LogP contribution is 2.46. The first-order chi connectivity index (χ1) is 7.68. The van der Waals surface area contributed by atoms with Gasteiger partial charge in [-0.3, -0.25) is 4.79 Å². The van der Waals surface area contributed by atoms with E-state index >= 15 is 0 Å². The van der Waals surface area contributed by atoms with Crippen molar-refractivity contribution in [3.05, 3.63) is 0 Å². The quantitative estimate of drug-likeness (QED) is 0.265. The van der Waals surface area contributed by atoms with Gasteiger partial charge in [-0.25, -0.2) is 9.19 Å². The summed E-state index contributed by atoms with van der Waals surface area (Å²) in [6.45, 7) is 4.79. The van der Waals surface area contributed by atoms with E-state index in [9.17, 15) is 9.36 Å². The molecule has 0 spiro atoms. The molecule has 96 valence electrons. The van der Waals surface area contributed by atoms with Crippen LogP contribution in [-0.4, -0.2) is 19.2 Å². The summed E-state index contributed by atoms with van der Waals surface area (Å²) < 4.78 is 21.2. The van der Waals surface area contributed by atoms with Gasteiger partial charge in [0.1, 0.15) is 0 Å². The van der Waals surface area contributed by atoms with Crippen LogP contribution in [0.2, 0.25) is 0 Å². The van der Waals surface area contributed by atoms with Gasteiger partial charge in [-0.05, 0) is 12.8 Å². The van der Waals surface area contributed by atoms with E-state index in [1.807, 2.05) is 6.92 Å². The number of unbranched alkanes of at least 4 members (excludes halogenated alkanes) is 3. The van der Waals surface area contributed by atoms with Crippen LogP contribution in [0.5, 0.6) is 0 Å².